The molecule has 1 unspecified atom stereocenters. The summed E-state index contributed by atoms with van der Waals surface area (Å²) in [6.45, 7) is 6.31. The van der Waals surface area contributed by atoms with Crippen LogP contribution in [-0.2, 0) is 5.41 Å². The van der Waals surface area contributed by atoms with Crippen LogP contribution in [-0.4, -0.2) is 31.9 Å². The summed E-state index contributed by atoms with van der Waals surface area (Å²) >= 11 is 0. The fraction of sp³-hybridized carbons (Fsp3) is 0.600. The van der Waals surface area contributed by atoms with Gasteiger partial charge in [-0.25, -0.2) is 0 Å². The van der Waals surface area contributed by atoms with Gasteiger partial charge in [0.05, 0.1) is 13.7 Å². The van der Waals surface area contributed by atoms with Gasteiger partial charge in [0.15, 0.2) is 0 Å². The molecule has 3 nitrogen and oxygen atoms in total. The van der Waals surface area contributed by atoms with E-state index in [9.17, 15) is 5.11 Å². The van der Waals surface area contributed by atoms with Crippen LogP contribution in [0.5, 0.6) is 5.75 Å². The van der Waals surface area contributed by atoms with E-state index in [-0.39, 0.29) is 12.0 Å². The Balaban J connectivity index is 2.48. The normalized spacial score (nSPS) is 23.6. The monoisotopic (exact) mass is 249 g/mol. The highest BCUT2D eigenvalue weighted by Crippen LogP contribution is 2.38. The summed E-state index contributed by atoms with van der Waals surface area (Å²) in [6, 6.07) is 6.34. The molecular weight excluding hydrogens is 226 g/mol. The van der Waals surface area contributed by atoms with Crippen molar-refractivity contribution >= 4 is 0 Å². The lowest BCUT2D eigenvalue weighted by Crippen LogP contribution is -2.33. The molecule has 1 saturated heterocycles. The number of hydrogen-bond donors (Lipinski definition) is 2. The fourth-order valence-electron chi connectivity index (χ4n) is 2.69. The summed E-state index contributed by atoms with van der Waals surface area (Å²) in [4.78, 5) is 0. The van der Waals surface area contributed by atoms with Crippen LogP contribution < -0.4 is 10.1 Å². The molecule has 0 aliphatic carbocycles. The second-order valence-electron chi connectivity index (χ2n) is 5.48. The maximum atomic E-state index is 9.82. The molecule has 0 bridgehead atoms. The van der Waals surface area contributed by atoms with Crippen LogP contribution in [0.25, 0.3) is 0 Å². The molecule has 2 N–H and O–H groups in total. The second kappa shape index (κ2) is 5.29. The standard InChI is InChI=1S/C15H23NO2/c1-11(2)12-4-5-14(18-3)13(8-12)15(10-17)6-7-16-9-15/h4-5,8,11,16-17H,6-7,9-10H2,1-3H3. The highest BCUT2D eigenvalue weighted by Gasteiger charge is 2.37. The van der Waals surface area contributed by atoms with Crippen LogP contribution in [0.1, 0.15) is 37.3 Å². The minimum atomic E-state index is -0.184. The third kappa shape index (κ3) is 2.25. The Hall–Kier alpha value is -1.06. The minimum Gasteiger partial charge on any atom is -0.496 e. The number of nitrogens with one attached hydrogen (secondary N) is 1. The molecule has 0 spiro atoms. The van der Waals surface area contributed by atoms with E-state index in [0.717, 1.165) is 30.8 Å². The first-order chi connectivity index (χ1) is 8.63. The summed E-state index contributed by atoms with van der Waals surface area (Å²) < 4.78 is 5.48. The van der Waals surface area contributed by atoms with Gasteiger partial charge in [0.25, 0.3) is 0 Å². The van der Waals surface area contributed by atoms with Gasteiger partial charge in [0.2, 0.25) is 0 Å². The first kappa shape index (κ1) is 13.4. The van der Waals surface area contributed by atoms with E-state index < -0.39 is 0 Å². The van der Waals surface area contributed by atoms with Gasteiger partial charge < -0.3 is 15.2 Å². The van der Waals surface area contributed by atoms with Crippen LogP contribution in [0.15, 0.2) is 18.2 Å². The van der Waals surface area contributed by atoms with E-state index in [1.165, 1.54) is 5.56 Å². The van der Waals surface area contributed by atoms with Gasteiger partial charge in [-0.3, -0.25) is 0 Å². The number of aliphatic hydroxyl groups excluding tert-OH is 1. The van der Waals surface area contributed by atoms with E-state index in [4.69, 9.17) is 4.74 Å². The van der Waals surface area contributed by atoms with Gasteiger partial charge >= 0.3 is 0 Å². The number of aliphatic hydroxyl groups is 1. The largest absolute Gasteiger partial charge is 0.496 e. The van der Waals surface area contributed by atoms with Crippen molar-refractivity contribution in [3.8, 4) is 5.75 Å². The van der Waals surface area contributed by atoms with Gasteiger partial charge in [0, 0.05) is 17.5 Å². The summed E-state index contributed by atoms with van der Waals surface area (Å²) in [5, 5.41) is 13.2. The smallest absolute Gasteiger partial charge is 0.122 e. The van der Waals surface area contributed by atoms with E-state index in [1.807, 2.05) is 6.07 Å². The second-order valence-corrected chi connectivity index (χ2v) is 5.48. The Morgan fingerprint density at radius 1 is 1.44 bits per heavy atom. The topological polar surface area (TPSA) is 41.5 Å². The van der Waals surface area contributed by atoms with E-state index in [1.54, 1.807) is 7.11 Å². The Bertz CT molecular complexity index is 409. The molecule has 0 amide bonds. The van der Waals surface area contributed by atoms with Crippen molar-refractivity contribution in [1.29, 1.82) is 0 Å². The summed E-state index contributed by atoms with van der Waals surface area (Å²) in [7, 11) is 1.70. The Morgan fingerprint density at radius 2 is 2.22 bits per heavy atom. The highest BCUT2D eigenvalue weighted by molar-refractivity contribution is 5.44. The van der Waals surface area contributed by atoms with Gasteiger partial charge in [-0.1, -0.05) is 26.0 Å². The van der Waals surface area contributed by atoms with Crippen molar-refractivity contribution in [2.45, 2.75) is 31.6 Å². The Kier molecular flexibility index (Phi) is 3.93. The molecule has 1 atom stereocenters. The maximum absolute atomic E-state index is 9.82. The predicted octanol–water partition coefficient (Wildman–Crippen LogP) is 2.04. The summed E-state index contributed by atoms with van der Waals surface area (Å²) in [5.74, 6) is 1.37. The molecular formula is C15H23NO2. The van der Waals surface area contributed by atoms with E-state index in [2.05, 4.69) is 31.3 Å². The number of rotatable bonds is 4. The number of benzene rings is 1. The molecule has 1 aliphatic rings. The predicted molar refractivity (Wildman–Crippen MR) is 73.3 cm³/mol. The van der Waals surface area contributed by atoms with Crippen molar-refractivity contribution < 1.29 is 9.84 Å². The third-order valence-electron chi connectivity index (χ3n) is 4.01. The van der Waals surface area contributed by atoms with E-state index in [0.29, 0.717) is 5.92 Å². The zero-order valence-electron chi connectivity index (χ0n) is 11.5. The lowest BCUT2D eigenvalue weighted by molar-refractivity contribution is 0.201. The van der Waals surface area contributed by atoms with Gasteiger partial charge in [-0.2, -0.15) is 0 Å². The van der Waals surface area contributed by atoms with Crippen LogP contribution in [0.2, 0.25) is 0 Å². The van der Waals surface area contributed by atoms with Crippen molar-refractivity contribution in [3.05, 3.63) is 29.3 Å². The number of ether oxygens (including phenoxy) is 1. The molecule has 1 fully saturated rings. The third-order valence-corrected chi connectivity index (χ3v) is 4.01. The van der Waals surface area contributed by atoms with Gasteiger partial charge in [-0.15, -0.1) is 0 Å². The van der Waals surface area contributed by atoms with Crippen molar-refractivity contribution in [3.63, 3.8) is 0 Å². The van der Waals surface area contributed by atoms with Gasteiger partial charge in [-0.05, 0) is 30.5 Å². The average Bonchev–Trinajstić information content (AvgIpc) is 2.87. The molecule has 18 heavy (non-hydrogen) atoms. The molecule has 0 saturated carbocycles. The van der Waals surface area contributed by atoms with Crippen LogP contribution in [0, 0.1) is 0 Å². The lowest BCUT2D eigenvalue weighted by Gasteiger charge is -2.29. The molecule has 0 aromatic heterocycles. The lowest BCUT2D eigenvalue weighted by atomic mass is 9.78. The van der Waals surface area contributed by atoms with Gasteiger partial charge in [0.1, 0.15) is 5.75 Å². The molecule has 1 heterocycles. The van der Waals surface area contributed by atoms with E-state index >= 15 is 0 Å². The first-order valence-corrected chi connectivity index (χ1v) is 6.63. The molecule has 3 heteroatoms. The zero-order chi connectivity index (χ0) is 13.2. The summed E-state index contributed by atoms with van der Waals surface area (Å²) in [5.41, 5.74) is 2.25. The van der Waals surface area contributed by atoms with Crippen molar-refractivity contribution in [2.75, 3.05) is 26.8 Å². The molecule has 0 radical (unpaired) electrons. The average molecular weight is 249 g/mol. The maximum Gasteiger partial charge on any atom is 0.122 e. The van der Waals surface area contributed by atoms with Crippen molar-refractivity contribution in [1.82, 2.24) is 5.32 Å². The van der Waals surface area contributed by atoms with Crippen LogP contribution in [0.4, 0.5) is 0 Å². The summed E-state index contributed by atoms with van der Waals surface area (Å²) in [6.07, 6.45) is 0.960. The number of methoxy groups -OCH3 is 1. The van der Waals surface area contributed by atoms with Crippen molar-refractivity contribution in [2.24, 2.45) is 0 Å². The van der Waals surface area contributed by atoms with Crippen LogP contribution >= 0.6 is 0 Å². The van der Waals surface area contributed by atoms with Crippen LogP contribution in [0.3, 0.4) is 0 Å². The Morgan fingerprint density at radius 3 is 2.72 bits per heavy atom. The molecule has 1 aromatic carbocycles. The SMILES string of the molecule is COc1ccc(C(C)C)cc1C1(CO)CCNC1. The minimum absolute atomic E-state index is 0.165. The number of hydrogen-bond acceptors (Lipinski definition) is 3. The first-order valence-electron chi connectivity index (χ1n) is 6.63. The molecule has 1 aromatic rings. The zero-order valence-corrected chi connectivity index (χ0v) is 11.5. The Labute approximate surface area is 109 Å². The fourth-order valence-corrected chi connectivity index (χ4v) is 2.69. The molecule has 1 aliphatic heterocycles. The molecule has 2 rings (SSSR count). The highest BCUT2D eigenvalue weighted by atomic mass is 16.5. The quantitative estimate of drug-likeness (QED) is 0.858. The molecule has 100 valence electrons.